The first kappa shape index (κ1) is 35.3. The van der Waals surface area contributed by atoms with Crippen LogP contribution in [0.5, 0.6) is 0 Å². The predicted octanol–water partition coefficient (Wildman–Crippen LogP) is 1.19. The summed E-state index contributed by atoms with van der Waals surface area (Å²) in [7, 11) is -9.91. The molecule has 2 aromatic carbocycles. The molecule has 39 heavy (non-hydrogen) atoms. The molecule has 0 heterocycles. The number of rotatable bonds is 9. The molecule has 1 aliphatic carbocycles. The Morgan fingerprint density at radius 2 is 1.33 bits per heavy atom. The Labute approximate surface area is 260 Å². The van der Waals surface area contributed by atoms with Crippen LogP contribution in [-0.2, 0) is 20.2 Å². The molecule has 0 aliphatic heterocycles. The third kappa shape index (κ3) is 8.37. The van der Waals surface area contributed by atoms with Crippen molar-refractivity contribution in [1.29, 1.82) is 0 Å². The van der Waals surface area contributed by atoms with Gasteiger partial charge >= 0.3 is 29.6 Å². The van der Waals surface area contributed by atoms with Crippen molar-refractivity contribution < 1.29 is 60.1 Å². The predicted molar refractivity (Wildman–Crippen MR) is 150 cm³/mol. The van der Waals surface area contributed by atoms with Crippen molar-refractivity contribution in [3.05, 3.63) is 83.5 Å². The number of anilines is 1. The van der Waals surface area contributed by atoms with Gasteiger partial charge in [0.25, 0.3) is 0 Å². The standard InChI is InChI=1S/C27H32N2O6S2.ClH.Na/c1-5-28(6-2)22-13-9-20(10-14-22)27(21-11-15-23(16-12-21)29(7-3)8-4)25-19-24(36(30,31)32)17-18-26(25)37(33,34)35;;/h9-19H,5-8H2,1-4H3,(H-,30,31,32,33,34,35);1H;/q;;+1/p-1. The van der Waals surface area contributed by atoms with Crippen molar-refractivity contribution >= 4 is 49.6 Å². The van der Waals surface area contributed by atoms with Crippen molar-refractivity contribution in [2.75, 3.05) is 31.1 Å². The molecule has 0 amide bonds. The minimum Gasteiger partial charge on any atom is -0.744 e. The summed E-state index contributed by atoms with van der Waals surface area (Å²) in [6.07, 6.45) is 7.35. The van der Waals surface area contributed by atoms with Crippen LogP contribution in [0.15, 0.2) is 82.1 Å². The van der Waals surface area contributed by atoms with Crippen LogP contribution in [0.4, 0.5) is 5.69 Å². The van der Waals surface area contributed by atoms with Crippen LogP contribution in [0, 0.1) is 0 Å². The van der Waals surface area contributed by atoms with E-state index in [9.17, 15) is 25.9 Å². The maximum atomic E-state index is 12.2. The van der Waals surface area contributed by atoms with Crippen molar-refractivity contribution in [1.82, 2.24) is 0 Å². The fraction of sp³-hybridized carbons (Fsp3) is 0.296. The van der Waals surface area contributed by atoms with Gasteiger partial charge in [0.15, 0.2) is 5.71 Å². The number of nitrogens with zero attached hydrogens (tertiary/aromatic N) is 2. The fourth-order valence-electron chi connectivity index (χ4n) is 4.41. The smallest absolute Gasteiger partial charge is 0.744 e. The van der Waals surface area contributed by atoms with Gasteiger partial charge in [-0.25, -0.2) is 21.4 Å². The fourth-order valence-corrected chi connectivity index (χ4v) is 5.57. The molecular formula is C27H32ClN2NaO6S2. The third-order valence-electron chi connectivity index (χ3n) is 6.35. The molecule has 0 bridgehead atoms. The molecule has 1 aliphatic rings. The van der Waals surface area contributed by atoms with Gasteiger partial charge in [0.2, 0.25) is 0 Å². The largest absolute Gasteiger partial charge is 1.00 e. The van der Waals surface area contributed by atoms with Crippen LogP contribution >= 0.6 is 12.4 Å². The summed E-state index contributed by atoms with van der Waals surface area (Å²) in [6, 6.07) is 10.1. The van der Waals surface area contributed by atoms with Crippen LogP contribution in [0.2, 0.25) is 0 Å². The van der Waals surface area contributed by atoms with Crippen LogP contribution in [-0.4, -0.2) is 62.4 Å². The van der Waals surface area contributed by atoms with E-state index in [1.54, 1.807) is 24.3 Å². The van der Waals surface area contributed by atoms with E-state index in [-0.39, 0.29) is 47.5 Å². The Bertz CT molecular complexity index is 1490. The average Bonchev–Trinajstić information content (AvgIpc) is 2.86. The number of hydrogen-bond acceptors (Lipinski definition) is 7. The molecule has 12 heteroatoms. The van der Waals surface area contributed by atoms with E-state index < -0.39 is 30.0 Å². The molecule has 0 radical (unpaired) electrons. The van der Waals surface area contributed by atoms with E-state index in [0.717, 1.165) is 55.8 Å². The van der Waals surface area contributed by atoms with Crippen LogP contribution in [0.3, 0.4) is 0 Å². The maximum absolute atomic E-state index is 12.2. The van der Waals surface area contributed by atoms with Gasteiger partial charge in [-0.15, -0.1) is 12.4 Å². The van der Waals surface area contributed by atoms with Gasteiger partial charge in [-0.1, -0.05) is 12.1 Å². The molecule has 0 unspecified atom stereocenters. The second-order valence-corrected chi connectivity index (χ2v) is 11.1. The first-order valence-electron chi connectivity index (χ1n) is 12.1. The van der Waals surface area contributed by atoms with Crippen molar-refractivity contribution in [3.63, 3.8) is 0 Å². The molecule has 0 aromatic heterocycles. The van der Waals surface area contributed by atoms with Gasteiger partial charge < -0.3 is 14.0 Å². The quantitative estimate of drug-likeness (QED) is 0.240. The summed E-state index contributed by atoms with van der Waals surface area (Å²) in [5, 5.41) is 0. The van der Waals surface area contributed by atoms with Crippen LogP contribution in [0.25, 0.3) is 5.57 Å². The molecule has 0 saturated carbocycles. The maximum Gasteiger partial charge on any atom is 1.00 e. The summed E-state index contributed by atoms with van der Waals surface area (Å²) in [5.41, 5.74) is 3.24. The van der Waals surface area contributed by atoms with E-state index in [4.69, 9.17) is 0 Å². The second kappa shape index (κ2) is 14.7. The van der Waals surface area contributed by atoms with Crippen LogP contribution < -0.4 is 34.5 Å². The number of halogens is 1. The van der Waals surface area contributed by atoms with Gasteiger partial charge in [0.05, 0.1) is 9.79 Å². The molecule has 0 spiro atoms. The Balaban J connectivity index is 0.00000380. The number of benzene rings is 2. The SMILES string of the molecule is CCN(CC)c1ccc(C(=C2C=CC(=[N+](CC)CC)C=C2)c2cc(S(=O)(=O)[O-])ccc2S(=O)(=O)[O-])cc1.Cl.[Na+]. The van der Waals surface area contributed by atoms with Gasteiger partial charge in [-0.2, -0.15) is 0 Å². The van der Waals surface area contributed by atoms with Gasteiger partial charge in [-0.05, 0) is 86.9 Å². The first-order valence-corrected chi connectivity index (χ1v) is 14.9. The summed E-state index contributed by atoms with van der Waals surface area (Å²) in [4.78, 5) is 0.919. The van der Waals surface area contributed by atoms with Gasteiger partial charge in [-0.3, -0.25) is 0 Å². The molecule has 206 valence electrons. The average molecular weight is 603 g/mol. The molecule has 0 atom stereocenters. The van der Waals surface area contributed by atoms with Crippen LogP contribution in [0.1, 0.15) is 38.8 Å². The summed E-state index contributed by atoms with van der Waals surface area (Å²) in [6.45, 7) is 11.3. The zero-order valence-electron chi connectivity index (χ0n) is 22.7. The molecule has 0 fully saturated rings. The Morgan fingerprint density at radius 1 is 0.795 bits per heavy atom. The van der Waals surface area contributed by atoms with E-state index in [0.29, 0.717) is 16.7 Å². The summed E-state index contributed by atoms with van der Waals surface area (Å²) < 4.78 is 74.2. The van der Waals surface area contributed by atoms with Crippen molar-refractivity contribution in [2.45, 2.75) is 37.5 Å². The van der Waals surface area contributed by atoms with E-state index >= 15 is 0 Å². The molecule has 8 nitrogen and oxygen atoms in total. The zero-order valence-corrected chi connectivity index (χ0v) is 27.2. The zero-order chi connectivity index (χ0) is 27.4. The molecule has 0 saturated heterocycles. The monoisotopic (exact) mass is 602 g/mol. The van der Waals surface area contributed by atoms with Gasteiger partial charge in [0, 0.05) is 36.5 Å². The third-order valence-corrected chi connectivity index (χ3v) is 8.07. The Kier molecular flexibility index (Phi) is 13.3. The molecule has 3 rings (SSSR count). The molecule has 2 aromatic rings. The van der Waals surface area contributed by atoms with E-state index in [1.165, 1.54) is 0 Å². The minimum absolute atomic E-state index is 0. The van der Waals surface area contributed by atoms with Gasteiger partial charge in [0.1, 0.15) is 33.3 Å². The van der Waals surface area contributed by atoms with Crippen molar-refractivity contribution in [2.24, 2.45) is 0 Å². The Morgan fingerprint density at radius 3 is 1.77 bits per heavy atom. The number of hydrogen-bond donors (Lipinski definition) is 0. The van der Waals surface area contributed by atoms with E-state index in [1.807, 2.05) is 52.0 Å². The molecule has 0 N–H and O–H groups in total. The normalized spacial score (nSPS) is 13.0. The first-order chi connectivity index (χ1) is 17.4. The minimum atomic E-state index is -5.00. The van der Waals surface area contributed by atoms with Crippen molar-refractivity contribution in [3.8, 4) is 0 Å². The summed E-state index contributed by atoms with van der Waals surface area (Å²) in [5.74, 6) is 0. The second-order valence-electron chi connectivity index (χ2n) is 8.38. The van der Waals surface area contributed by atoms with E-state index in [2.05, 4.69) is 9.48 Å². The Hall–Kier alpha value is -1.76. The number of allylic oxidation sites excluding steroid dienone is 5. The summed E-state index contributed by atoms with van der Waals surface area (Å²) >= 11 is 0. The topological polar surface area (TPSA) is 121 Å². The molecular weight excluding hydrogens is 571 g/mol.